The first kappa shape index (κ1) is 17.5. The highest BCUT2D eigenvalue weighted by Crippen LogP contribution is 2.32. The van der Waals surface area contributed by atoms with E-state index < -0.39 is 0 Å². The molecule has 3 rings (SSSR count). The molecule has 5 heteroatoms. The molecule has 0 spiro atoms. The van der Waals surface area contributed by atoms with E-state index in [1.54, 1.807) is 0 Å². The monoisotopic (exact) mass is 383 g/mol. The van der Waals surface area contributed by atoms with E-state index in [1.807, 2.05) is 0 Å². The summed E-state index contributed by atoms with van der Waals surface area (Å²) in [6, 6.07) is 6.64. The molecule has 2 aromatic rings. The van der Waals surface area contributed by atoms with Crippen LogP contribution in [0.4, 0.5) is 5.69 Å². The fourth-order valence-electron chi connectivity index (χ4n) is 2.99. The fraction of sp³-hybridized carbons (Fsp3) is 0.471. The van der Waals surface area contributed by atoms with Crippen LogP contribution in [0.3, 0.4) is 0 Å². The molecule has 0 aliphatic carbocycles. The topological polar surface area (TPSA) is 28.2 Å². The van der Waals surface area contributed by atoms with Gasteiger partial charge in [0.2, 0.25) is 0 Å². The second-order valence-electron chi connectivity index (χ2n) is 5.69. The minimum atomic E-state index is 0. The normalized spacial score (nSPS) is 15.0. The molecule has 1 aliphatic rings. The van der Waals surface area contributed by atoms with Crippen LogP contribution in [-0.4, -0.2) is 31.2 Å². The minimum absolute atomic E-state index is 0. The smallest absolute Gasteiger partial charge is 0.0766 e. The Morgan fingerprint density at radius 3 is 2.68 bits per heavy atom. The molecule has 0 amide bonds. The molecule has 0 saturated carbocycles. The van der Waals surface area contributed by atoms with Gasteiger partial charge in [0.05, 0.1) is 5.52 Å². The predicted molar refractivity (Wildman–Crippen MR) is 101 cm³/mol. The Hall–Kier alpha value is -0.840. The van der Waals surface area contributed by atoms with Gasteiger partial charge in [0, 0.05) is 47.4 Å². The molecule has 0 radical (unpaired) electrons. The van der Waals surface area contributed by atoms with Crippen molar-refractivity contribution in [1.29, 1.82) is 0 Å². The van der Waals surface area contributed by atoms with E-state index in [4.69, 9.17) is 4.98 Å². The Bertz CT molecular complexity index is 654. The van der Waals surface area contributed by atoms with Gasteiger partial charge in [-0.05, 0) is 37.1 Å². The number of pyridine rings is 1. The highest BCUT2D eigenvalue weighted by atomic mass is 79.9. The lowest BCUT2D eigenvalue weighted by Gasteiger charge is -2.31. The number of aromatic nitrogens is 1. The summed E-state index contributed by atoms with van der Waals surface area (Å²) in [5.74, 6) is 0. The molecule has 2 heterocycles. The molecule has 0 bridgehead atoms. The molecule has 22 heavy (non-hydrogen) atoms. The van der Waals surface area contributed by atoms with Crippen LogP contribution in [-0.2, 0) is 6.42 Å². The average Bonchev–Trinajstić information content (AvgIpc) is 2.52. The van der Waals surface area contributed by atoms with Gasteiger partial charge in [0.25, 0.3) is 0 Å². The summed E-state index contributed by atoms with van der Waals surface area (Å²) in [6.07, 6.45) is 2.17. The first-order valence-corrected chi connectivity index (χ1v) is 8.54. The van der Waals surface area contributed by atoms with Crippen LogP contribution >= 0.6 is 28.3 Å². The summed E-state index contributed by atoms with van der Waals surface area (Å²) < 4.78 is 1.14. The molecule has 120 valence electrons. The third kappa shape index (κ3) is 3.39. The number of nitrogens with one attached hydrogen (secondary N) is 1. The first-order valence-electron chi connectivity index (χ1n) is 7.75. The number of benzene rings is 1. The Morgan fingerprint density at radius 2 is 2.00 bits per heavy atom. The van der Waals surface area contributed by atoms with E-state index in [9.17, 15) is 0 Å². The summed E-state index contributed by atoms with van der Waals surface area (Å²) >= 11 is 3.64. The maximum absolute atomic E-state index is 4.91. The quantitative estimate of drug-likeness (QED) is 0.864. The Morgan fingerprint density at radius 1 is 1.27 bits per heavy atom. The molecule has 1 N–H and O–H groups in total. The van der Waals surface area contributed by atoms with Gasteiger partial charge in [-0.2, -0.15) is 0 Å². The van der Waals surface area contributed by atoms with Crippen LogP contribution in [0.15, 0.2) is 22.7 Å². The molecule has 3 nitrogen and oxygen atoms in total. The van der Waals surface area contributed by atoms with Crippen LogP contribution in [0.5, 0.6) is 0 Å². The van der Waals surface area contributed by atoms with Crippen LogP contribution in [0.1, 0.15) is 24.6 Å². The predicted octanol–water partition coefficient (Wildman–Crippen LogP) is 4.09. The van der Waals surface area contributed by atoms with E-state index in [0.29, 0.717) is 0 Å². The van der Waals surface area contributed by atoms with Crippen LogP contribution in [0.2, 0.25) is 0 Å². The van der Waals surface area contributed by atoms with Crippen molar-refractivity contribution in [3.63, 3.8) is 0 Å². The van der Waals surface area contributed by atoms with Crippen LogP contribution in [0, 0.1) is 6.92 Å². The molecule has 0 unspecified atom stereocenters. The van der Waals surface area contributed by atoms with Gasteiger partial charge >= 0.3 is 0 Å². The van der Waals surface area contributed by atoms with Gasteiger partial charge in [-0.15, -0.1) is 12.4 Å². The number of aryl methyl sites for hydroxylation is 2. The highest BCUT2D eigenvalue weighted by Gasteiger charge is 2.16. The Balaban J connectivity index is 0.00000176. The van der Waals surface area contributed by atoms with Gasteiger partial charge < -0.3 is 10.2 Å². The summed E-state index contributed by atoms with van der Waals surface area (Å²) in [5, 5.41) is 4.70. The van der Waals surface area contributed by atoms with Crippen molar-refractivity contribution in [2.24, 2.45) is 0 Å². The number of halogens is 2. The maximum Gasteiger partial charge on any atom is 0.0766 e. The lowest BCUT2D eigenvalue weighted by Crippen LogP contribution is -2.43. The van der Waals surface area contributed by atoms with Crippen molar-refractivity contribution in [3.05, 3.63) is 33.9 Å². The van der Waals surface area contributed by atoms with Gasteiger partial charge in [-0.1, -0.05) is 29.3 Å². The lowest BCUT2D eigenvalue weighted by atomic mass is 10.1. The van der Waals surface area contributed by atoms with E-state index in [0.717, 1.165) is 49.0 Å². The molecular formula is C17H23BrClN3. The molecule has 1 fully saturated rings. The van der Waals surface area contributed by atoms with Crippen molar-refractivity contribution in [2.45, 2.75) is 26.7 Å². The number of hydrogen-bond acceptors (Lipinski definition) is 3. The Labute approximate surface area is 147 Å². The SMILES string of the molecule is CCCc1cc(N2CCNCC2)c2ccc(Br)c(C)c2n1.Cl. The zero-order chi connectivity index (χ0) is 14.8. The number of anilines is 1. The van der Waals surface area contributed by atoms with E-state index in [2.05, 4.69) is 58.2 Å². The van der Waals surface area contributed by atoms with Crippen molar-refractivity contribution in [1.82, 2.24) is 10.3 Å². The fourth-order valence-corrected chi connectivity index (χ4v) is 3.31. The second-order valence-corrected chi connectivity index (χ2v) is 6.54. The number of piperazine rings is 1. The molecule has 1 saturated heterocycles. The number of fused-ring (bicyclic) bond motifs is 1. The molecular weight excluding hydrogens is 362 g/mol. The standard InChI is InChI=1S/C17H22BrN3.ClH/c1-3-4-13-11-16(21-9-7-19-8-10-21)14-5-6-15(18)12(2)17(14)20-13;/h5-6,11,19H,3-4,7-10H2,1-2H3;1H. The maximum atomic E-state index is 4.91. The zero-order valence-electron chi connectivity index (χ0n) is 13.2. The van der Waals surface area contributed by atoms with Gasteiger partial charge in [-0.25, -0.2) is 0 Å². The number of nitrogens with zero attached hydrogens (tertiary/aromatic N) is 2. The zero-order valence-corrected chi connectivity index (χ0v) is 15.6. The van der Waals surface area contributed by atoms with Crippen molar-refractivity contribution < 1.29 is 0 Å². The number of hydrogen-bond donors (Lipinski definition) is 1. The molecule has 1 aliphatic heterocycles. The average molecular weight is 385 g/mol. The minimum Gasteiger partial charge on any atom is -0.368 e. The molecule has 0 atom stereocenters. The third-order valence-corrected chi connectivity index (χ3v) is 5.02. The summed E-state index contributed by atoms with van der Waals surface area (Å²) in [4.78, 5) is 7.40. The third-order valence-electron chi connectivity index (χ3n) is 4.16. The van der Waals surface area contributed by atoms with Crippen molar-refractivity contribution in [3.8, 4) is 0 Å². The summed E-state index contributed by atoms with van der Waals surface area (Å²) in [5.41, 5.74) is 4.94. The van der Waals surface area contributed by atoms with E-state index in [1.165, 1.54) is 22.3 Å². The van der Waals surface area contributed by atoms with Crippen molar-refractivity contribution >= 4 is 44.9 Å². The van der Waals surface area contributed by atoms with E-state index in [-0.39, 0.29) is 12.4 Å². The summed E-state index contributed by atoms with van der Waals surface area (Å²) in [7, 11) is 0. The van der Waals surface area contributed by atoms with Gasteiger partial charge in [0.15, 0.2) is 0 Å². The van der Waals surface area contributed by atoms with Crippen LogP contribution in [0.25, 0.3) is 10.9 Å². The first-order chi connectivity index (χ1) is 10.2. The highest BCUT2D eigenvalue weighted by molar-refractivity contribution is 9.10. The summed E-state index contributed by atoms with van der Waals surface area (Å²) in [6.45, 7) is 8.62. The van der Waals surface area contributed by atoms with E-state index >= 15 is 0 Å². The van der Waals surface area contributed by atoms with Gasteiger partial charge in [0.1, 0.15) is 0 Å². The Kier molecular flexibility index (Phi) is 6.07. The molecule has 1 aromatic heterocycles. The van der Waals surface area contributed by atoms with Crippen LogP contribution < -0.4 is 10.2 Å². The van der Waals surface area contributed by atoms with Gasteiger partial charge in [-0.3, -0.25) is 4.98 Å². The van der Waals surface area contributed by atoms with Crippen molar-refractivity contribution in [2.75, 3.05) is 31.1 Å². The molecule has 1 aromatic carbocycles. The number of rotatable bonds is 3. The second kappa shape index (κ2) is 7.62. The lowest BCUT2D eigenvalue weighted by molar-refractivity contribution is 0.590. The largest absolute Gasteiger partial charge is 0.368 e.